The largest absolute Gasteiger partial charge is 0.444 e. The molecule has 46 heavy (non-hydrogen) atoms. The van der Waals surface area contributed by atoms with Crippen molar-refractivity contribution in [2.24, 2.45) is 11.8 Å². The monoisotopic (exact) mass is 740 g/mol. The van der Waals surface area contributed by atoms with Gasteiger partial charge in [-0.2, -0.15) is 8.42 Å². The van der Waals surface area contributed by atoms with E-state index in [2.05, 4.69) is 0 Å². The van der Waals surface area contributed by atoms with E-state index in [1.165, 1.54) is 4.90 Å². The summed E-state index contributed by atoms with van der Waals surface area (Å²) in [5.74, 6) is -0.214. The Morgan fingerprint density at radius 2 is 1.13 bits per heavy atom. The van der Waals surface area contributed by atoms with Gasteiger partial charge in [-0.1, -0.05) is 58.5 Å². The van der Waals surface area contributed by atoms with Crippen LogP contribution < -0.4 is 0 Å². The molecule has 2 aliphatic heterocycles. The van der Waals surface area contributed by atoms with Crippen LogP contribution in [0.3, 0.4) is 0 Å². The van der Waals surface area contributed by atoms with Gasteiger partial charge in [0.05, 0.1) is 32.5 Å². The lowest BCUT2D eigenvalue weighted by molar-refractivity contribution is -0.0315. The van der Waals surface area contributed by atoms with E-state index in [1.807, 2.05) is 20.8 Å². The number of benzene rings is 2. The van der Waals surface area contributed by atoms with Crippen LogP contribution in [0, 0.1) is 11.8 Å². The molecule has 10 nitrogen and oxygen atoms in total. The van der Waals surface area contributed by atoms with E-state index in [4.69, 9.17) is 60.1 Å². The molecule has 2 aromatic rings. The third kappa shape index (κ3) is 11.3. The summed E-state index contributed by atoms with van der Waals surface area (Å²) in [5.41, 5.74) is 0.200. The number of halogens is 4. The van der Waals surface area contributed by atoms with E-state index >= 15 is 0 Å². The maximum atomic E-state index is 12.0. The second-order valence-electron chi connectivity index (χ2n) is 13.3. The van der Waals surface area contributed by atoms with Crippen LogP contribution >= 0.6 is 46.4 Å². The van der Waals surface area contributed by atoms with Crippen LogP contribution in [0.4, 0.5) is 9.59 Å². The molecule has 2 aromatic carbocycles. The molecule has 1 N–H and O–H groups in total. The Bertz CT molecular complexity index is 1520. The van der Waals surface area contributed by atoms with Gasteiger partial charge >= 0.3 is 12.2 Å². The molecule has 0 radical (unpaired) electrons. The molecule has 0 bridgehead atoms. The number of likely N-dealkylation sites (tertiary alicyclic amines) is 2. The molecule has 2 amide bonds. The van der Waals surface area contributed by atoms with Gasteiger partial charge in [0.2, 0.25) is 0 Å². The van der Waals surface area contributed by atoms with Crippen molar-refractivity contribution in [3.05, 3.63) is 67.6 Å². The van der Waals surface area contributed by atoms with Crippen molar-refractivity contribution in [2.75, 3.05) is 32.4 Å². The summed E-state index contributed by atoms with van der Waals surface area (Å²) in [6.45, 7) is 12.4. The molecule has 4 rings (SSSR count). The van der Waals surface area contributed by atoms with Crippen molar-refractivity contribution < 1.29 is 36.8 Å². The number of carbonyl (C=O) groups excluding carboxylic acids is 2. The highest BCUT2D eigenvalue weighted by Gasteiger charge is 2.41. The van der Waals surface area contributed by atoms with Gasteiger partial charge in [-0.05, 0) is 76.9 Å². The molecule has 0 aromatic heterocycles. The first-order valence-corrected chi connectivity index (χ1v) is 17.8. The maximum Gasteiger partial charge on any atom is 0.410 e. The standard InChI is InChI=1S/C16H21Cl2NO5S.C15H19Cl2NO3/c1-16(2,3)23-15(20)19-8-11(9-19)14(24-25(4,21)22)10-5-6-12(17)13(18)7-10;1-15(2,3)21-14(20)18-7-10(8-18)13(19)9-4-5-11(16)12(17)6-9/h5-7,11,14H,8-9H2,1-4H3;4-6,10,13,19H,7-8H2,1-3H3. The third-order valence-corrected chi connectivity index (χ3v) is 8.87. The van der Waals surface area contributed by atoms with Gasteiger partial charge in [0.1, 0.15) is 17.3 Å². The van der Waals surface area contributed by atoms with Gasteiger partial charge in [-0.3, -0.25) is 4.18 Å². The summed E-state index contributed by atoms with van der Waals surface area (Å²) in [6.07, 6.45) is -1.21. The number of nitrogens with zero attached hydrogens (tertiary/aromatic N) is 2. The first-order valence-electron chi connectivity index (χ1n) is 14.4. The van der Waals surface area contributed by atoms with E-state index in [9.17, 15) is 23.1 Å². The van der Waals surface area contributed by atoms with Crippen molar-refractivity contribution in [2.45, 2.75) is 65.0 Å². The lowest BCUT2D eigenvalue weighted by Crippen LogP contribution is -2.53. The first kappa shape index (κ1) is 38.5. The Morgan fingerprint density at radius 3 is 1.52 bits per heavy atom. The lowest BCUT2D eigenvalue weighted by atomic mass is 9.89. The topological polar surface area (TPSA) is 123 Å². The molecule has 2 unspecified atom stereocenters. The van der Waals surface area contributed by atoms with E-state index in [-0.39, 0.29) is 17.9 Å². The van der Waals surface area contributed by atoms with E-state index < -0.39 is 39.6 Å². The van der Waals surface area contributed by atoms with Gasteiger partial charge < -0.3 is 24.4 Å². The van der Waals surface area contributed by atoms with Gasteiger partial charge in [-0.25, -0.2) is 9.59 Å². The third-order valence-electron chi connectivity index (χ3n) is 6.83. The number of aliphatic hydroxyl groups is 1. The minimum atomic E-state index is -3.69. The van der Waals surface area contributed by atoms with E-state index in [0.29, 0.717) is 57.4 Å². The summed E-state index contributed by atoms with van der Waals surface area (Å²) >= 11 is 23.7. The highest BCUT2D eigenvalue weighted by atomic mass is 35.5. The molecule has 256 valence electrons. The number of rotatable bonds is 6. The van der Waals surface area contributed by atoms with Crippen LogP contribution in [0.1, 0.15) is 64.9 Å². The van der Waals surface area contributed by atoms with Crippen molar-refractivity contribution in [1.82, 2.24) is 9.80 Å². The van der Waals surface area contributed by atoms with Gasteiger partial charge in [0.15, 0.2) is 0 Å². The second-order valence-corrected chi connectivity index (χ2v) is 16.5. The van der Waals surface area contributed by atoms with Gasteiger partial charge in [0.25, 0.3) is 10.1 Å². The Labute approximate surface area is 290 Å². The highest BCUT2D eigenvalue weighted by Crippen LogP contribution is 2.37. The molecule has 2 atom stereocenters. The zero-order valence-electron chi connectivity index (χ0n) is 26.7. The fraction of sp³-hybridized carbons (Fsp3) is 0.548. The van der Waals surface area contributed by atoms with Crippen LogP contribution in [0.15, 0.2) is 36.4 Å². The van der Waals surface area contributed by atoms with Crippen LogP contribution in [-0.2, 0) is 23.8 Å². The SMILES string of the molecule is CC(C)(C)OC(=O)N1CC(C(O)c2ccc(Cl)c(Cl)c2)C1.CC(C)(C)OC(=O)N1CC(C(OS(C)(=O)=O)c2ccc(Cl)c(Cl)c2)C1. The number of hydrogen-bond acceptors (Lipinski definition) is 8. The minimum Gasteiger partial charge on any atom is -0.444 e. The summed E-state index contributed by atoms with van der Waals surface area (Å²) in [5, 5.41) is 11.9. The second kappa shape index (κ2) is 15.1. The van der Waals surface area contributed by atoms with Gasteiger partial charge in [-0.15, -0.1) is 0 Å². The number of hydrogen-bond donors (Lipinski definition) is 1. The first-order chi connectivity index (χ1) is 21.0. The number of amides is 2. The minimum absolute atomic E-state index is 0.0187. The number of ether oxygens (including phenoxy) is 2. The summed E-state index contributed by atoms with van der Waals surface area (Å²) < 4.78 is 39.1. The van der Waals surface area contributed by atoms with Gasteiger partial charge in [0, 0.05) is 38.0 Å². The van der Waals surface area contributed by atoms with E-state index in [1.54, 1.807) is 62.1 Å². The average molecular weight is 743 g/mol. The fourth-order valence-electron chi connectivity index (χ4n) is 4.62. The van der Waals surface area contributed by atoms with Crippen molar-refractivity contribution in [1.29, 1.82) is 0 Å². The molecule has 0 saturated carbocycles. The highest BCUT2D eigenvalue weighted by molar-refractivity contribution is 7.86. The summed E-state index contributed by atoms with van der Waals surface area (Å²) in [7, 11) is -3.69. The number of carbonyl (C=O) groups is 2. The summed E-state index contributed by atoms with van der Waals surface area (Å²) in [4.78, 5) is 26.9. The van der Waals surface area contributed by atoms with Crippen molar-refractivity contribution >= 4 is 68.7 Å². The normalized spacial score (nSPS) is 17.2. The molecular weight excluding hydrogens is 702 g/mol. The Kier molecular flexibility index (Phi) is 12.6. The average Bonchev–Trinajstić information content (AvgIpc) is 2.82. The van der Waals surface area contributed by atoms with Crippen LogP contribution in [0.5, 0.6) is 0 Å². The lowest BCUT2D eigenvalue weighted by Gasteiger charge is -2.42. The quantitative estimate of drug-likeness (QED) is 0.298. The van der Waals surface area contributed by atoms with E-state index in [0.717, 1.165) is 6.26 Å². The molecule has 0 aliphatic carbocycles. The zero-order chi connectivity index (χ0) is 34.8. The Morgan fingerprint density at radius 1 is 0.739 bits per heavy atom. The van der Waals surface area contributed by atoms with Crippen LogP contribution in [-0.4, -0.2) is 79.1 Å². The smallest absolute Gasteiger partial charge is 0.410 e. The van der Waals surface area contributed by atoms with Crippen LogP contribution in [0.2, 0.25) is 20.1 Å². The van der Waals surface area contributed by atoms with Crippen molar-refractivity contribution in [3.8, 4) is 0 Å². The molecule has 15 heteroatoms. The van der Waals surface area contributed by atoms with Crippen molar-refractivity contribution in [3.63, 3.8) is 0 Å². The Balaban J connectivity index is 0.000000254. The Hall–Kier alpha value is -1.99. The summed E-state index contributed by atoms with van der Waals surface area (Å²) in [6, 6.07) is 9.89. The molecule has 2 fully saturated rings. The molecule has 2 heterocycles. The molecule has 0 spiro atoms. The fourth-order valence-corrected chi connectivity index (χ4v) is 5.88. The predicted octanol–water partition coefficient (Wildman–Crippen LogP) is 7.77. The molecule has 2 saturated heterocycles. The number of aliphatic hydroxyl groups excluding tert-OH is 1. The predicted molar refractivity (Wildman–Crippen MR) is 179 cm³/mol. The maximum absolute atomic E-state index is 12.0. The molecular formula is C31H40Cl4N2O8S. The zero-order valence-corrected chi connectivity index (χ0v) is 30.6. The molecule has 2 aliphatic rings. The van der Waals surface area contributed by atoms with Crippen LogP contribution in [0.25, 0.3) is 0 Å².